The fraction of sp³-hybridized carbons (Fsp3) is 0.529. The molecule has 0 bridgehead atoms. The van der Waals surface area contributed by atoms with Gasteiger partial charge in [0.05, 0.1) is 5.52 Å². The minimum atomic E-state index is 0.152. The van der Waals surface area contributed by atoms with E-state index in [9.17, 15) is 0 Å². The lowest BCUT2D eigenvalue weighted by molar-refractivity contribution is 0.349. The zero-order valence-corrected chi connectivity index (χ0v) is 12.9. The minimum Gasteiger partial charge on any atom is -0.364 e. The number of anilines is 2. The Hall–Kier alpha value is -1.84. The summed E-state index contributed by atoms with van der Waals surface area (Å²) in [5, 5.41) is 8.04. The minimum absolute atomic E-state index is 0.152. The van der Waals surface area contributed by atoms with Crippen molar-refractivity contribution in [3.63, 3.8) is 0 Å². The van der Waals surface area contributed by atoms with Crippen molar-refractivity contribution >= 4 is 22.7 Å². The number of benzene rings is 1. The third kappa shape index (κ3) is 3.09. The van der Waals surface area contributed by atoms with Crippen LogP contribution in [-0.2, 0) is 0 Å². The van der Waals surface area contributed by atoms with Crippen LogP contribution in [0.5, 0.6) is 0 Å². The molecule has 0 amide bonds. The van der Waals surface area contributed by atoms with Crippen LogP contribution in [-0.4, -0.2) is 22.1 Å². The van der Waals surface area contributed by atoms with Gasteiger partial charge in [0, 0.05) is 17.5 Å². The highest BCUT2D eigenvalue weighted by atomic mass is 15.2. The fourth-order valence-electron chi connectivity index (χ4n) is 3.15. The van der Waals surface area contributed by atoms with E-state index in [4.69, 9.17) is 4.98 Å². The summed E-state index contributed by atoms with van der Waals surface area (Å²) in [6, 6.07) is 8.22. The normalized spacial score (nSPS) is 17.6. The third-order valence-electron chi connectivity index (χ3n) is 4.32. The summed E-state index contributed by atoms with van der Waals surface area (Å²) >= 11 is 0. The van der Waals surface area contributed by atoms with Crippen molar-refractivity contribution in [2.75, 3.05) is 17.2 Å². The first-order chi connectivity index (χ1) is 10.2. The Bertz CT molecular complexity index is 617. The smallest absolute Gasteiger partial charge is 0.225 e. The number of nitrogens with zero attached hydrogens (tertiary/aromatic N) is 2. The van der Waals surface area contributed by atoms with E-state index in [1.165, 1.54) is 32.1 Å². The van der Waals surface area contributed by atoms with E-state index < -0.39 is 0 Å². The molecule has 1 aromatic carbocycles. The second kappa shape index (κ2) is 5.88. The average Bonchev–Trinajstić information content (AvgIpc) is 2.48. The zero-order valence-electron chi connectivity index (χ0n) is 12.9. The Morgan fingerprint density at radius 3 is 2.62 bits per heavy atom. The lowest BCUT2D eigenvalue weighted by Gasteiger charge is -2.35. The standard InChI is InChI=1S/C17H24N4/c1-3-18-16-19-14-10-6-5-9-13(14)15(20-16)21-17(2)11-7-4-8-12-17/h5-6,9-10H,3-4,7-8,11-12H2,1-2H3,(H2,18,19,20,21). The molecule has 112 valence electrons. The number of nitrogens with one attached hydrogen (secondary N) is 2. The molecule has 0 aliphatic heterocycles. The van der Waals surface area contributed by atoms with E-state index >= 15 is 0 Å². The first-order valence-corrected chi connectivity index (χ1v) is 7.99. The van der Waals surface area contributed by atoms with Crippen LogP contribution in [0.1, 0.15) is 46.0 Å². The molecule has 3 rings (SSSR count). The summed E-state index contributed by atoms with van der Waals surface area (Å²) in [4.78, 5) is 9.28. The van der Waals surface area contributed by atoms with Crippen molar-refractivity contribution < 1.29 is 0 Å². The van der Waals surface area contributed by atoms with Crippen LogP contribution in [0.2, 0.25) is 0 Å². The summed E-state index contributed by atoms with van der Waals surface area (Å²) in [6.07, 6.45) is 6.37. The van der Waals surface area contributed by atoms with Crippen LogP contribution in [0.15, 0.2) is 24.3 Å². The molecule has 4 heteroatoms. The molecule has 1 fully saturated rings. The first-order valence-electron chi connectivity index (χ1n) is 7.99. The summed E-state index contributed by atoms with van der Waals surface area (Å²) in [5.41, 5.74) is 1.14. The van der Waals surface area contributed by atoms with Gasteiger partial charge in [-0.25, -0.2) is 4.98 Å². The molecule has 0 atom stereocenters. The van der Waals surface area contributed by atoms with E-state index in [1.807, 2.05) is 18.2 Å². The molecule has 0 radical (unpaired) electrons. The van der Waals surface area contributed by atoms with E-state index in [0.717, 1.165) is 23.3 Å². The maximum absolute atomic E-state index is 4.70. The molecule has 1 heterocycles. The molecule has 4 nitrogen and oxygen atoms in total. The lowest BCUT2D eigenvalue weighted by atomic mass is 9.83. The van der Waals surface area contributed by atoms with E-state index in [1.54, 1.807) is 0 Å². The van der Waals surface area contributed by atoms with Crippen molar-refractivity contribution in [1.82, 2.24) is 9.97 Å². The number of fused-ring (bicyclic) bond motifs is 1. The molecule has 1 saturated carbocycles. The maximum atomic E-state index is 4.70. The molecule has 1 aromatic heterocycles. The molecule has 0 unspecified atom stereocenters. The summed E-state index contributed by atoms with van der Waals surface area (Å²) in [7, 11) is 0. The van der Waals surface area contributed by atoms with Crippen LogP contribution < -0.4 is 10.6 Å². The molecular formula is C17H24N4. The molecule has 2 N–H and O–H groups in total. The van der Waals surface area contributed by atoms with Gasteiger partial charge in [0.15, 0.2) is 0 Å². The van der Waals surface area contributed by atoms with Gasteiger partial charge in [-0.3, -0.25) is 0 Å². The van der Waals surface area contributed by atoms with Crippen LogP contribution in [0, 0.1) is 0 Å². The van der Waals surface area contributed by atoms with Crippen LogP contribution in [0.3, 0.4) is 0 Å². The summed E-state index contributed by atoms with van der Waals surface area (Å²) in [5.74, 6) is 1.67. The summed E-state index contributed by atoms with van der Waals surface area (Å²) in [6.45, 7) is 5.21. The molecular weight excluding hydrogens is 260 g/mol. The first kappa shape index (κ1) is 14.1. The Kier molecular flexibility index (Phi) is 3.95. The van der Waals surface area contributed by atoms with Crippen molar-refractivity contribution in [3.8, 4) is 0 Å². The number of hydrogen-bond acceptors (Lipinski definition) is 4. The summed E-state index contributed by atoms with van der Waals surface area (Å²) < 4.78 is 0. The predicted octanol–water partition coefficient (Wildman–Crippen LogP) is 4.20. The van der Waals surface area contributed by atoms with Crippen molar-refractivity contribution in [2.45, 2.75) is 51.5 Å². The number of hydrogen-bond donors (Lipinski definition) is 2. The van der Waals surface area contributed by atoms with Gasteiger partial charge < -0.3 is 10.6 Å². The molecule has 0 saturated heterocycles. The Morgan fingerprint density at radius 2 is 1.86 bits per heavy atom. The van der Waals surface area contributed by atoms with Gasteiger partial charge >= 0.3 is 0 Å². The average molecular weight is 284 g/mol. The molecule has 0 spiro atoms. The maximum Gasteiger partial charge on any atom is 0.225 e. The van der Waals surface area contributed by atoms with E-state index in [0.29, 0.717) is 5.95 Å². The van der Waals surface area contributed by atoms with Gasteiger partial charge in [0.1, 0.15) is 5.82 Å². The Morgan fingerprint density at radius 1 is 1.10 bits per heavy atom. The van der Waals surface area contributed by atoms with Crippen molar-refractivity contribution in [2.24, 2.45) is 0 Å². The van der Waals surface area contributed by atoms with E-state index in [2.05, 4.69) is 35.5 Å². The van der Waals surface area contributed by atoms with E-state index in [-0.39, 0.29) is 5.54 Å². The van der Waals surface area contributed by atoms with Gasteiger partial charge in [-0.2, -0.15) is 4.98 Å². The SMILES string of the molecule is CCNc1nc(NC2(C)CCCCC2)c2ccccc2n1. The molecule has 21 heavy (non-hydrogen) atoms. The Labute approximate surface area is 126 Å². The van der Waals surface area contributed by atoms with Gasteiger partial charge in [0.25, 0.3) is 0 Å². The van der Waals surface area contributed by atoms with Crippen molar-refractivity contribution in [3.05, 3.63) is 24.3 Å². The monoisotopic (exact) mass is 284 g/mol. The number of rotatable bonds is 4. The quantitative estimate of drug-likeness (QED) is 0.883. The predicted molar refractivity (Wildman–Crippen MR) is 88.8 cm³/mol. The highest BCUT2D eigenvalue weighted by molar-refractivity contribution is 5.90. The largest absolute Gasteiger partial charge is 0.364 e. The van der Waals surface area contributed by atoms with Crippen LogP contribution in [0.4, 0.5) is 11.8 Å². The zero-order chi connectivity index (χ0) is 14.7. The lowest BCUT2D eigenvalue weighted by Crippen LogP contribution is -2.37. The number of aromatic nitrogens is 2. The Balaban J connectivity index is 1.99. The van der Waals surface area contributed by atoms with Gasteiger partial charge in [-0.1, -0.05) is 31.4 Å². The van der Waals surface area contributed by atoms with Crippen LogP contribution in [0.25, 0.3) is 10.9 Å². The molecule has 1 aliphatic rings. The second-order valence-corrected chi connectivity index (χ2v) is 6.19. The molecule has 1 aliphatic carbocycles. The van der Waals surface area contributed by atoms with Gasteiger partial charge in [-0.15, -0.1) is 0 Å². The third-order valence-corrected chi connectivity index (χ3v) is 4.32. The number of para-hydroxylation sites is 1. The molecule has 2 aromatic rings. The topological polar surface area (TPSA) is 49.8 Å². The highest BCUT2D eigenvalue weighted by Crippen LogP contribution is 2.33. The van der Waals surface area contributed by atoms with Crippen LogP contribution >= 0.6 is 0 Å². The highest BCUT2D eigenvalue weighted by Gasteiger charge is 2.27. The van der Waals surface area contributed by atoms with Crippen molar-refractivity contribution in [1.29, 1.82) is 0 Å². The van der Waals surface area contributed by atoms with Gasteiger partial charge in [0.2, 0.25) is 5.95 Å². The van der Waals surface area contributed by atoms with Gasteiger partial charge in [-0.05, 0) is 38.8 Å². The second-order valence-electron chi connectivity index (χ2n) is 6.19. The fourth-order valence-corrected chi connectivity index (χ4v) is 3.15.